The minimum atomic E-state index is -0.648. The van der Waals surface area contributed by atoms with E-state index in [0.717, 1.165) is 26.7 Å². The SMILES string of the molecule is O=C1C=C(ON(Cc2ccccc2)Cc2ccccc2)C(=O)N1c1ccccc1-n1c(O)ccc1O. The van der Waals surface area contributed by atoms with E-state index in [0.29, 0.717) is 13.1 Å². The standard InChI is InChI=1S/C28H23N3O5/c32-25-15-16-26(33)30(25)22-13-7-8-14-23(22)31-27(34)17-24(28(31)35)36-29(18-20-9-3-1-4-10-20)19-21-11-5-2-6-12-21/h1-17,32-33H,18-19H2. The number of hydrogen-bond donors (Lipinski definition) is 2. The molecule has 0 saturated carbocycles. The minimum absolute atomic E-state index is 0.123. The van der Waals surface area contributed by atoms with Crippen LogP contribution in [-0.4, -0.2) is 31.7 Å². The summed E-state index contributed by atoms with van der Waals surface area (Å²) in [7, 11) is 0. The fourth-order valence-corrected chi connectivity index (χ4v) is 4.08. The van der Waals surface area contributed by atoms with Crippen LogP contribution in [0.5, 0.6) is 11.8 Å². The summed E-state index contributed by atoms with van der Waals surface area (Å²) < 4.78 is 1.14. The topological polar surface area (TPSA) is 95.2 Å². The maximum Gasteiger partial charge on any atom is 0.303 e. The molecule has 0 atom stereocenters. The van der Waals surface area contributed by atoms with Crippen LogP contribution >= 0.6 is 0 Å². The van der Waals surface area contributed by atoms with Crippen LogP contribution in [0, 0.1) is 0 Å². The van der Waals surface area contributed by atoms with Gasteiger partial charge in [-0.05, 0) is 23.3 Å². The molecule has 3 aromatic carbocycles. The van der Waals surface area contributed by atoms with Crippen molar-refractivity contribution in [2.45, 2.75) is 13.1 Å². The number of carbonyl (C=O) groups excluding carboxylic acids is 2. The third-order valence-electron chi connectivity index (χ3n) is 5.72. The van der Waals surface area contributed by atoms with Crippen molar-refractivity contribution in [1.82, 2.24) is 9.63 Å². The molecular weight excluding hydrogens is 458 g/mol. The van der Waals surface area contributed by atoms with Gasteiger partial charge in [0.25, 0.3) is 5.91 Å². The van der Waals surface area contributed by atoms with Gasteiger partial charge >= 0.3 is 5.91 Å². The lowest BCUT2D eigenvalue weighted by Crippen LogP contribution is -2.33. The predicted octanol–water partition coefficient (Wildman–Crippen LogP) is 4.28. The van der Waals surface area contributed by atoms with Gasteiger partial charge in [-0.25, -0.2) is 9.47 Å². The van der Waals surface area contributed by atoms with Crippen molar-refractivity contribution in [2.75, 3.05) is 4.90 Å². The van der Waals surface area contributed by atoms with E-state index >= 15 is 0 Å². The van der Waals surface area contributed by atoms with Crippen molar-refractivity contribution in [2.24, 2.45) is 0 Å². The van der Waals surface area contributed by atoms with E-state index in [9.17, 15) is 19.8 Å². The summed E-state index contributed by atoms with van der Waals surface area (Å²) >= 11 is 0. The molecule has 8 nitrogen and oxygen atoms in total. The molecule has 0 radical (unpaired) electrons. The molecule has 5 rings (SSSR count). The number of rotatable bonds is 8. The molecule has 0 bridgehead atoms. The van der Waals surface area contributed by atoms with Gasteiger partial charge in [0.2, 0.25) is 5.76 Å². The van der Waals surface area contributed by atoms with E-state index in [2.05, 4.69) is 0 Å². The van der Waals surface area contributed by atoms with Crippen molar-refractivity contribution >= 4 is 17.5 Å². The number of anilines is 1. The van der Waals surface area contributed by atoms with Gasteiger partial charge in [-0.3, -0.25) is 9.59 Å². The quantitative estimate of drug-likeness (QED) is 0.288. The van der Waals surface area contributed by atoms with Gasteiger partial charge in [0.1, 0.15) is 0 Å². The highest BCUT2D eigenvalue weighted by atomic mass is 16.7. The highest BCUT2D eigenvalue weighted by Crippen LogP contribution is 2.35. The Morgan fingerprint density at radius 3 is 1.72 bits per heavy atom. The first-order chi connectivity index (χ1) is 17.5. The lowest BCUT2D eigenvalue weighted by Gasteiger charge is -2.24. The first-order valence-electron chi connectivity index (χ1n) is 11.3. The van der Waals surface area contributed by atoms with E-state index in [4.69, 9.17) is 4.84 Å². The second kappa shape index (κ2) is 9.81. The van der Waals surface area contributed by atoms with Crippen LogP contribution in [0.2, 0.25) is 0 Å². The first-order valence-corrected chi connectivity index (χ1v) is 11.3. The summed E-state index contributed by atoms with van der Waals surface area (Å²) in [6.07, 6.45) is 1.15. The largest absolute Gasteiger partial charge is 0.494 e. The fraction of sp³-hybridized carbons (Fsp3) is 0.0714. The molecule has 180 valence electrons. The number of hydrogen-bond acceptors (Lipinski definition) is 6. The van der Waals surface area contributed by atoms with Gasteiger partial charge in [-0.15, -0.1) is 5.06 Å². The van der Waals surface area contributed by atoms with Crippen molar-refractivity contribution in [1.29, 1.82) is 0 Å². The van der Waals surface area contributed by atoms with E-state index in [1.165, 1.54) is 12.1 Å². The molecule has 2 heterocycles. The molecular formula is C28H23N3O5. The van der Waals surface area contributed by atoms with Crippen LogP contribution in [-0.2, 0) is 27.5 Å². The van der Waals surface area contributed by atoms with Gasteiger partial charge in [0.15, 0.2) is 11.8 Å². The molecule has 36 heavy (non-hydrogen) atoms. The monoisotopic (exact) mass is 481 g/mol. The Morgan fingerprint density at radius 1 is 0.667 bits per heavy atom. The fourth-order valence-electron chi connectivity index (χ4n) is 4.08. The molecule has 1 aromatic heterocycles. The van der Waals surface area contributed by atoms with Crippen LogP contribution in [0.3, 0.4) is 0 Å². The van der Waals surface area contributed by atoms with E-state index in [1.807, 2.05) is 60.7 Å². The van der Waals surface area contributed by atoms with Gasteiger partial charge < -0.3 is 15.1 Å². The van der Waals surface area contributed by atoms with Crippen LogP contribution in [0.1, 0.15) is 11.1 Å². The number of aromatic hydroxyl groups is 2. The predicted molar refractivity (Wildman–Crippen MR) is 133 cm³/mol. The lowest BCUT2D eigenvalue weighted by atomic mass is 10.2. The minimum Gasteiger partial charge on any atom is -0.494 e. The third kappa shape index (κ3) is 4.57. The molecule has 0 fully saturated rings. The van der Waals surface area contributed by atoms with Gasteiger partial charge in [-0.1, -0.05) is 72.8 Å². The molecule has 0 unspecified atom stereocenters. The highest BCUT2D eigenvalue weighted by Gasteiger charge is 2.37. The van der Waals surface area contributed by atoms with Crippen molar-refractivity contribution in [3.63, 3.8) is 0 Å². The molecule has 2 amide bonds. The number of nitrogens with zero attached hydrogens (tertiary/aromatic N) is 3. The average molecular weight is 482 g/mol. The van der Waals surface area contributed by atoms with Crippen molar-refractivity contribution < 1.29 is 24.6 Å². The highest BCUT2D eigenvalue weighted by molar-refractivity contribution is 6.30. The molecule has 1 aliphatic rings. The number of amides is 2. The molecule has 2 N–H and O–H groups in total. The molecule has 0 aliphatic carbocycles. The summed E-state index contributed by atoms with van der Waals surface area (Å²) in [5, 5.41) is 22.0. The Kier molecular flexibility index (Phi) is 6.25. The van der Waals surface area contributed by atoms with E-state index in [-0.39, 0.29) is 28.9 Å². The molecule has 8 heteroatoms. The summed E-state index contributed by atoms with van der Waals surface area (Å²) in [6, 6.07) is 28.5. The van der Waals surface area contributed by atoms with Gasteiger partial charge in [0.05, 0.1) is 30.5 Å². The lowest BCUT2D eigenvalue weighted by molar-refractivity contribution is -0.150. The van der Waals surface area contributed by atoms with Crippen LogP contribution in [0.25, 0.3) is 5.69 Å². The van der Waals surface area contributed by atoms with E-state index < -0.39 is 11.8 Å². The maximum absolute atomic E-state index is 13.4. The zero-order valence-corrected chi connectivity index (χ0v) is 19.2. The Morgan fingerprint density at radius 2 is 1.17 bits per heavy atom. The molecule has 0 saturated heterocycles. The number of hydroxylamine groups is 2. The number of aromatic nitrogens is 1. The van der Waals surface area contributed by atoms with Crippen LogP contribution < -0.4 is 4.90 Å². The summed E-state index contributed by atoms with van der Waals surface area (Å²) in [4.78, 5) is 33.4. The smallest absolute Gasteiger partial charge is 0.303 e. The Labute approximate surface area is 207 Å². The first kappa shape index (κ1) is 22.9. The van der Waals surface area contributed by atoms with E-state index in [1.54, 1.807) is 29.3 Å². The second-order valence-electron chi connectivity index (χ2n) is 8.22. The van der Waals surface area contributed by atoms with Gasteiger partial charge in [0, 0.05) is 12.1 Å². The summed E-state index contributed by atoms with van der Waals surface area (Å²) in [6.45, 7) is 0.770. The third-order valence-corrected chi connectivity index (χ3v) is 5.72. The normalized spacial score (nSPS) is 13.4. The van der Waals surface area contributed by atoms with Crippen LogP contribution in [0.4, 0.5) is 5.69 Å². The number of carbonyl (C=O) groups is 2. The Bertz CT molecular complexity index is 1370. The maximum atomic E-state index is 13.4. The zero-order chi connectivity index (χ0) is 25.1. The number of para-hydroxylation sites is 2. The molecule has 1 aliphatic heterocycles. The summed E-state index contributed by atoms with van der Waals surface area (Å²) in [5.41, 5.74) is 2.42. The Hall–Kier alpha value is -4.82. The average Bonchev–Trinajstić information content (AvgIpc) is 3.36. The molecule has 0 spiro atoms. The van der Waals surface area contributed by atoms with Crippen molar-refractivity contribution in [3.05, 3.63) is 120 Å². The summed E-state index contributed by atoms with van der Waals surface area (Å²) in [5.74, 6) is -1.83. The number of benzene rings is 3. The Balaban J connectivity index is 1.43. The van der Waals surface area contributed by atoms with Gasteiger partial charge in [-0.2, -0.15) is 0 Å². The second-order valence-corrected chi connectivity index (χ2v) is 8.22. The van der Waals surface area contributed by atoms with Crippen molar-refractivity contribution in [3.8, 4) is 17.4 Å². The number of imide groups is 1. The van der Waals surface area contributed by atoms with Crippen LogP contribution in [0.15, 0.2) is 109 Å². The molecule has 4 aromatic rings. The zero-order valence-electron chi connectivity index (χ0n) is 19.2.